The van der Waals surface area contributed by atoms with Gasteiger partial charge in [0, 0.05) is 6.42 Å². The molecule has 1 saturated carbocycles. The first-order valence-electron chi connectivity index (χ1n) is 8.59. The molecule has 2 heterocycles. The van der Waals surface area contributed by atoms with Crippen molar-refractivity contribution in [3.63, 3.8) is 0 Å². The molecular formula is C17H21N7O2. The van der Waals surface area contributed by atoms with Crippen LogP contribution in [-0.4, -0.2) is 37.5 Å². The van der Waals surface area contributed by atoms with Crippen molar-refractivity contribution in [2.45, 2.75) is 44.2 Å². The van der Waals surface area contributed by atoms with Crippen molar-refractivity contribution in [2.75, 3.05) is 7.11 Å². The quantitative estimate of drug-likeness (QED) is 0.707. The van der Waals surface area contributed by atoms with Crippen LogP contribution in [0.5, 0.6) is 5.75 Å². The Bertz CT molecular complexity index is 900. The van der Waals surface area contributed by atoms with Crippen LogP contribution in [0.15, 0.2) is 28.8 Å². The van der Waals surface area contributed by atoms with Crippen LogP contribution < -0.4 is 10.5 Å². The lowest BCUT2D eigenvalue weighted by Gasteiger charge is -2.34. The minimum Gasteiger partial charge on any atom is -0.497 e. The summed E-state index contributed by atoms with van der Waals surface area (Å²) in [6, 6.07) is 7.52. The van der Waals surface area contributed by atoms with Crippen molar-refractivity contribution in [2.24, 2.45) is 5.73 Å². The van der Waals surface area contributed by atoms with E-state index in [1.807, 2.05) is 31.2 Å². The summed E-state index contributed by atoms with van der Waals surface area (Å²) in [4.78, 5) is 4.59. The number of rotatable bonds is 6. The number of aryl methyl sites for hydroxylation is 1. The molecule has 3 aromatic rings. The fourth-order valence-corrected chi connectivity index (χ4v) is 3.18. The van der Waals surface area contributed by atoms with Gasteiger partial charge in [-0.05, 0) is 54.3 Å². The first-order valence-corrected chi connectivity index (χ1v) is 8.59. The van der Waals surface area contributed by atoms with E-state index in [1.54, 1.807) is 11.8 Å². The molecule has 1 unspecified atom stereocenters. The Labute approximate surface area is 150 Å². The second-order valence-electron chi connectivity index (χ2n) is 6.71. The summed E-state index contributed by atoms with van der Waals surface area (Å²) in [7, 11) is 1.64. The summed E-state index contributed by atoms with van der Waals surface area (Å²) >= 11 is 0. The number of methoxy groups -OCH3 is 1. The molecule has 1 aromatic carbocycles. The second kappa shape index (κ2) is 6.49. The van der Waals surface area contributed by atoms with Crippen LogP contribution in [0.3, 0.4) is 0 Å². The van der Waals surface area contributed by atoms with Gasteiger partial charge in [-0.3, -0.25) is 0 Å². The molecule has 0 spiro atoms. The predicted molar refractivity (Wildman–Crippen MR) is 91.4 cm³/mol. The maximum atomic E-state index is 6.33. The first-order chi connectivity index (χ1) is 12.6. The zero-order chi connectivity index (χ0) is 18.1. The van der Waals surface area contributed by atoms with Crippen molar-refractivity contribution in [3.05, 3.63) is 47.4 Å². The van der Waals surface area contributed by atoms with Crippen molar-refractivity contribution in [3.8, 4) is 5.75 Å². The normalized spacial score (nSPS) is 16.9. The van der Waals surface area contributed by atoms with Gasteiger partial charge in [0.25, 0.3) is 5.89 Å². The molecule has 9 nitrogen and oxygen atoms in total. The molecule has 26 heavy (non-hydrogen) atoms. The predicted octanol–water partition coefficient (Wildman–Crippen LogP) is 1.54. The summed E-state index contributed by atoms with van der Waals surface area (Å²) in [6.07, 6.45) is 3.41. The SMILES string of the molecule is COc1cccc(CC(c2nc(C3(N)CCC3)no2)n2nnnc2C)c1. The van der Waals surface area contributed by atoms with Crippen molar-refractivity contribution < 1.29 is 9.26 Å². The Kier molecular flexibility index (Phi) is 4.15. The minimum absolute atomic E-state index is 0.318. The van der Waals surface area contributed by atoms with E-state index >= 15 is 0 Å². The number of nitrogens with zero attached hydrogens (tertiary/aromatic N) is 6. The molecule has 1 aliphatic rings. The Balaban J connectivity index is 1.68. The third-order valence-electron chi connectivity index (χ3n) is 4.93. The number of tetrazole rings is 1. The molecule has 0 aliphatic heterocycles. The second-order valence-corrected chi connectivity index (χ2v) is 6.71. The molecule has 2 N–H and O–H groups in total. The van der Waals surface area contributed by atoms with E-state index in [-0.39, 0.29) is 6.04 Å². The van der Waals surface area contributed by atoms with Crippen LogP contribution in [0.4, 0.5) is 0 Å². The molecule has 0 saturated heterocycles. The number of ether oxygens (including phenoxy) is 1. The number of benzene rings is 1. The molecular weight excluding hydrogens is 334 g/mol. The highest BCUT2D eigenvalue weighted by Crippen LogP contribution is 2.37. The summed E-state index contributed by atoms with van der Waals surface area (Å²) in [5.74, 6) is 2.47. The van der Waals surface area contributed by atoms with Crippen molar-refractivity contribution in [1.29, 1.82) is 0 Å². The van der Waals surface area contributed by atoms with E-state index in [0.29, 0.717) is 24.0 Å². The average Bonchev–Trinajstić information content (AvgIpc) is 3.27. The van der Waals surface area contributed by atoms with E-state index in [2.05, 4.69) is 25.7 Å². The fourth-order valence-electron chi connectivity index (χ4n) is 3.18. The number of nitrogens with two attached hydrogens (primary N) is 1. The summed E-state index contributed by atoms with van der Waals surface area (Å²) in [5.41, 5.74) is 6.90. The Morgan fingerprint density at radius 1 is 1.38 bits per heavy atom. The molecule has 4 rings (SSSR count). The number of hydrogen-bond acceptors (Lipinski definition) is 8. The topological polar surface area (TPSA) is 118 Å². The Hall–Kier alpha value is -2.81. The first kappa shape index (κ1) is 16.6. The summed E-state index contributed by atoms with van der Waals surface area (Å²) < 4.78 is 12.6. The molecule has 1 aliphatic carbocycles. The third kappa shape index (κ3) is 2.94. The molecule has 1 fully saturated rings. The van der Waals surface area contributed by atoms with Crippen LogP contribution >= 0.6 is 0 Å². The molecule has 2 aromatic heterocycles. The highest BCUT2D eigenvalue weighted by molar-refractivity contribution is 5.29. The van der Waals surface area contributed by atoms with Gasteiger partial charge in [0.1, 0.15) is 17.6 Å². The summed E-state index contributed by atoms with van der Waals surface area (Å²) in [5, 5.41) is 16.0. The van der Waals surface area contributed by atoms with Gasteiger partial charge in [-0.2, -0.15) is 4.98 Å². The van der Waals surface area contributed by atoms with E-state index in [0.717, 1.165) is 30.6 Å². The maximum Gasteiger partial charge on any atom is 0.252 e. The molecule has 0 bridgehead atoms. The third-order valence-corrected chi connectivity index (χ3v) is 4.93. The molecule has 136 valence electrons. The van der Waals surface area contributed by atoms with E-state index in [9.17, 15) is 0 Å². The lowest BCUT2D eigenvalue weighted by atomic mass is 9.77. The van der Waals surface area contributed by atoms with Gasteiger partial charge < -0.3 is 15.0 Å². The maximum absolute atomic E-state index is 6.33. The molecule has 0 amide bonds. The van der Waals surface area contributed by atoms with E-state index < -0.39 is 5.54 Å². The van der Waals surface area contributed by atoms with Crippen molar-refractivity contribution in [1.82, 2.24) is 30.3 Å². The van der Waals surface area contributed by atoms with Gasteiger partial charge in [0.2, 0.25) is 0 Å². The smallest absolute Gasteiger partial charge is 0.252 e. The Morgan fingerprint density at radius 2 is 2.23 bits per heavy atom. The van der Waals surface area contributed by atoms with Crippen LogP contribution in [-0.2, 0) is 12.0 Å². The zero-order valence-corrected chi connectivity index (χ0v) is 14.8. The van der Waals surface area contributed by atoms with Crippen LogP contribution in [0, 0.1) is 6.92 Å². The van der Waals surface area contributed by atoms with Gasteiger partial charge in [0.15, 0.2) is 5.82 Å². The largest absolute Gasteiger partial charge is 0.497 e. The highest BCUT2D eigenvalue weighted by atomic mass is 16.5. The van der Waals surface area contributed by atoms with Gasteiger partial charge in [-0.15, -0.1) is 5.10 Å². The molecule has 0 radical (unpaired) electrons. The van der Waals surface area contributed by atoms with Gasteiger partial charge in [0.05, 0.1) is 12.6 Å². The highest BCUT2D eigenvalue weighted by Gasteiger charge is 2.40. The van der Waals surface area contributed by atoms with Crippen LogP contribution in [0.1, 0.15) is 48.4 Å². The monoisotopic (exact) mass is 355 g/mol. The lowest BCUT2D eigenvalue weighted by Crippen LogP contribution is -2.44. The molecule has 1 atom stereocenters. The van der Waals surface area contributed by atoms with E-state index in [4.69, 9.17) is 15.0 Å². The molecule has 9 heteroatoms. The van der Waals surface area contributed by atoms with Gasteiger partial charge >= 0.3 is 0 Å². The zero-order valence-electron chi connectivity index (χ0n) is 14.8. The lowest BCUT2D eigenvalue weighted by molar-refractivity contribution is 0.228. The van der Waals surface area contributed by atoms with Crippen molar-refractivity contribution >= 4 is 0 Å². The summed E-state index contributed by atoms with van der Waals surface area (Å²) in [6.45, 7) is 1.84. The van der Waals surface area contributed by atoms with Gasteiger partial charge in [-0.25, -0.2) is 4.68 Å². The standard InChI is InChI=1S/C17H21N7O2/c1-11-20-22-23-24(11)14(10-12-5-3-6-13(9-12)25-2)15-19-16(21-26-15)17(18)7-4-8-17/h3,5-6,9,14H,4,7-8,10,18H2,1-2H3. The number of aromatic nitrogens is 6. The number of hydrogen-bond donors (Lipinski definition) is 1. The Morgan fingerprint density at radius 3 is 2.88 bits per heavy atom. The fraction of sp³-hybridized carbons (Fsp3) is 0.471. The van der Waals surface area contributed by atoms with Crippen LogP contribution in [0.2, 0.25) is 0 Å². The minimum atomic E-state index is -0.474. The van der Waals surface area contributed by atoms with Crippen LogP contribution in [0.25, 0.3) is 0 Å². The van der Waals surface area contributed by atoms with Gasteiger partial charge in [-0.1, -0.05) is 17.3 Å². The average molecular weight is 355 g/mol. The van der Waals surface area contributed by atoms with E-state index in [1.165, 1.54) is 0 Å².